The van der Waals surface area contributed by atoms with Gasteiger partial charge in [0.15, 0.2) is 0 Å². The van der Waals surface area contributed by atoms with Gasteiger partial charge in [-0.05, 0) is 37.8 Å². The van der Waals surface area contributed by atoms with E-state index in [0.29, 0.717) is 37.0 Å². The number of pyridine rings is 2. The van der Waals surface area contributed by atoms with Crippen molar-refractivity contribution in [2.24, 2.45) is 0 Å². The largest absolute Gasteiger partial charge is 0.481 e. The molecule has 5 rings (SSSR count). The highest BCUT2D eigenvalue weighted by Gasteiger charge is 2.25. The lowest BCUT2D eigenvalue weighted by atomic mass is 9.93. The standard InChI is InChI=1S/C23H28N6O3/c1-30-21-8-10-25-23(28-21)26-16-4-6-17(7-5-16)32-22-18-3-2-9-24-19(18)15-20(27-22)29-11-13-31-14-12-29/h2-3,8-10,15-17H,4-7,11-14H2,1H3,(H,25,26,28). The SMILES string of the molecule is COc1ccnc(NC2CCC(Oc3nc(N4CCOCC4)cc4ncccc34)CC2)n1. The van der Waals surface area contributed by atoms with Gasteiger partial charge in [-0.3, -0.25) is 4.98 Å². The summed E-state index contributed by atoms with van der Waals surface area (Å²) in [5, 5.41) is 4.37. The maximum Gasteiger partial charge on any atom is 0.226 e. The van der Waals surface area contributed by atoms with Gasteiger partial charge in [0.1, 0.15) is 11.9 Å². The molecule has 0 radical (unpaired) electrons. The normalized spacial score (nSPS) is 21.3. The number of hydrogen-bond acceptors (Lipinski definition) is 9. The fourth-order valence-electron chi connectivity index (χ4n) is 4.27. The average molecular weight is 437 g/mol. The Hall–Kier alpha value is -3.20. The molecule has 1 saturated heterocycles. The molecule has 0 aromatic carbocycles. The lowest BCUT2D eigenvalue weighted by molar-refractivity contribution is 0.122. The van der Waals surface area contributed by atoms with Crippen molar-refractivity contribution in [2.45, 2.75) is 37.8 Å². The Morgan fingerprint density at radius 2 is 1.88 bits per heavy atom. The number of aromatic nitrogens is 4. The zero-order chi connectivity index (χ0) is 21.8. The van der Waals surface area contributed by atoms with Crippen LogP contribution in [0.3, 0.4) is 0 Å². The molecular weight excluding hydrogens is 408 g/mol. The number of morpholine rings is 1. The third-order valence-electron chi connectivity index (χ3n) is 6.01. The van der Waals surface area contributed by atoms with E-state index in [0.717, 1.165) is 55.5 Å². The van der Waals surface area contributed by atoms with Crippen molar-refractivity contribution in [2.75, 3.05) is 43.6 Å². The van der Waals surface area contributed by atoms with E-state index in [1.165, 1.54) is 0 Å². The van der Waals surface area contributed by atoms with E-state index in [9.17, 15) is 0 Å². The Morgan fingerprint density at radius 1 is 1.03 bits per heavy atom. The molecule has 4 heterocycles. The molecule has 9 heteroatoms. The second-order valence-electron chi connectivity index (χ2n) is 8.11. The maximum atomic E-state index is 6.45. The molecular formula is C23H28N6O3. The molecule has 1 aliphatic heterocycles. The number of fused-ring (bicyclic) bond motifs is 1. The molecule has 32 heavy (non-hydrogen) atoms. The van der Waals surface area contributed by atoms with E-state index >= 15 is 0 Å². The van der Waals surface area contributed by atoms with Gasteiger partial charge in [0.2, 0.25) is 17.7 Å². The summed E-state index contributed by atoms with van der Waals surface area (Å²) in [6.45, 7) is 3.08. The van der Waals surface area contributed by atoms with Crippen molar-refractivity contribution in [1.82, 2.24) is 19.9 Å². The number of anilines is 2. The van der Waals surface area contributed by atoms with E-state index in [-0.39, 0.29) is 6.10 Å². The number of rotatable bonds is 6. The molecule has 2 fully saturated rings. The highest BCUT2D eigenvalue weighted by atomic mass is 16.5. The Kier molecular flexibility index (Phi) is 6.15. The topological polar surface area (TPSA) is 94.5 Å². The molecule has 0 unspecified atom stereocenters. The van der Waals surface area contributed by atoms with E-state index < -0.39 is 0 Å². The van der Waals surface area contributed by atoms with Gasteiger partial charge in [-0.2, -0.15) is 9.97 Å². The Balaban J connectivity index is 1.26. The molecule has 0 atom stereocenters. The molecule has 3 aromatic heterocycles. The first-order valence-corrected chi connectivity index (χ1v) is 11.2. The summed E-state index contributed by atoms with van der Waals surface area (Å²) >= 11 is 0. The molecule has 0 amide bonds. The lowest BCUT2D eigenvalue weighted by Crippen LogP contribution is -2.37. The third-order valence-corrected chi connectivity index (χ3v) is 6.01. The van der Waals surface area contributed by atoms with Gasteiger partial charge in [-0.15, -0.1) is 0 Å². The summed E-state index contributed by atoms with van der Waals surface area (Å²) in [6.07, 6.45) is 7.46. The van der Waals surface area contributed by atoms with Crippen LogP contribution in [0.1, 0.15) is 25.7 Å². The third kappa shape index (κ3) is 4.67. The molecule has 2 aliphatic rings. The monoisotopic (exact) mass is 436 g/mol. The first kappa shape index (κ1) is 20.7. The highest BCUT2D eigenvalue weighted by Crippen LogP contribution is 2.31. The van der Waals surface area contributed by atoms with Crippen LogP contribution in [0, 0.1) is 0 Å². The van der Waals surface area contributed by atoms with Gasteiger partial charge >= 0.3 is 0 Å². The average Bonchev–Trinajstić information content (AvgIpc) is 2.86. The Labute approximate surface area is 187 Å². The molecule has 3 aromatic rings. The summed E-state index contributed by atoms with van der Waals surface area (Å²) < 4.78 is 17.1. The van der Waals surface area contributed by atoms with Crippen LogP contribution in [0.5, 0.6) is 11.8 Å². The summed E-state index contributed by atoms with van der Waals surface area (Å²) in [6, 6.07) is 8.06. The predicted molar refractivity (Wildman–Crippen MR) is 121 cm³/mol. The number of nitrogens with zero attached hydrogens (tertiary/aromatic N) is 5. The van der Waals surface area contributed by atoms with Crippen molar-refractivity contribution in [3.05, 3.63) is 36.7 Å². The lowest BCUT2D eigenvalue weighted by Gasteiger charge is -2.31. The van der Waals surface area contributed by atoms with Gasteiger partial charge < -0.3 is 24.4 Å². The Bertz CT molecular complexity index is 1050. The summed E-state index contributed by atoms with van der Waals surface area (Å²) in [4.78, 5) is 20.3. The predicted octanol–water partition coefficient (Wildman–Crippen LogP) is 3.07. The van der Waals surface area contributed by atoms with Crippen molar-refractivity contribution >= 4 is 22.7 Å². The number of methoxy groups -OCH3 is 1. The first-order chi connectivity index (χ1) is 15.8. The van der Waals surface area contributed by atoms with E-state index in [4.69, 9.17) is 19.2 Å². The second kappa shape index (κ2) is 9.52. The van der Waals surface area contributed by atoms with Crippen LogP contribution in [0.2, 0.25) is 0 Å². The molecule has 9 nitrogen and oxygen atoms in total. The number of ether oxygens (including phenoxy) is 3. The van der Waals surface area contributed by atoms with Crippen molar-refractivity contribution in [3.8, 4) is 11.8 Å². The maximum absolute atomic E-state index is 6.45. The smallest absolute Gasteiger partial charge is 0.226 e. The zero-order valence-corrected chi connectivity index (χ0v) is 18.2. The van der Waals surface area contributed by atoms with Crippen LogP contribution in [0.25, 0.3) is 10.9 Å². The van der Waals surface area contributed by atoms with E-state index in [1.807, 2.05) is 24.4 Å². The van der Waals surface area contributed by atoms with Crippen LogP contribution in [0.4, 0.5) is 11.8 Å². The molecule has 168 valence electrons. The van der Waals surface area contributed by atoms with Crippen molar-refractivity contribution in [1.29, 1.82) is 0 Å². The second-order valence-corrected chi connectivity index (χ2v) is 8.11. The van der Waals surface area contributed by atoms with Crippen LogP contribution in [0.15, 0.2) is 36.7 Å². The van der Waals surface area contributed by atoms with Crippen LogP contribution >= 0.6 is 0 Å². The van der Waals surface area contributed by atoms with E-state index in [1.54, 1.807) is 19.4 Å². The molecule has 0 spiro atoms. The Morgan fingerprint density at radius 3 is 2.69 bits per heavy atom. The van der Waals surface area contributed by atoms with E-state index in [2.05, 4.69) is 25.2 Å². The van der Waals surface area contributed by atoms with Crippen molar-refractivity contribution in [3.63, 3.8) is 0 Å². The quantitative estimate of drug-likeness (QED) is 0.625. The van der Waals surface area contributed by atoms with Crippen molar-refractivity contribution < 1.29 is 14.2 Å². The summed E-state index contributed by atoms with van der Waals surface area (Å²) in [5.74, 6) is 2.74. The van der Waals surface area contributed by atoms with Crippen LogP contribution < -0.4 is 19.7 Å². The van der Waals surface area contributed by atoms with Gasteiger partial charge in [0.05, 0.1) is 31.2 Å². The van der Waals surface area contributed by atoms with Crippen LogP contribution in [-0.2, 0) is 4.74 Å². The number of hydrogen-bond donors (Lipinski definition) is 1. The van der Waals surface area contributed by atoms with Gasteiger partial charge in [-0.25, -0.2) is 4.98 Å². The minimum Gasteiger partial charge on any atom is -0.481 e. The minimum atomic E-state index is 0.120. The molecule has 1 saturated carbocycles. The number of nitrogens with one attached hydrogen (secondary N) is 1. The van der Waals surface area contributed by atoms with Gasteiger partial charge in [0.25, 0.3) is 0 Å². The molecule has 0 bridgehead atoms. The zero-order valence-electron chi connectivity index (χ0n) is 18.2. The van der Waals surface area contributed by atoms with Gasteiger partial charge in [0, 0.05) is 43.7 Å². The minimum absolute atomic E-state index is 0.120. The fraction of sp³-hybridized carbons (Fsp3) is 0.478. The van der Waals surface area contributed by atoms with Crippen LogP contribution in [-0.4, -0.2) is 65.5 Å². The first-order valence-electron chi connectivity index (χ1n) is 11.2. The highest BCUT2D eigenvalue weighted by molar-refractivity contribution is 5.85. The van der Waals surface area contributed by atoms with Gasteiger partial charge in [-0.1, -0.05) is 0 Å². The summed E-state index contributed by atoms with van der Waals surface area (Å²) in [7, 11) is 1.61. The molecule has 1 aliphatic carbocycles. The molecule has 1 N–H and O–H groups in total. The summed E-state index contributed by atoms with van der Waals surface area (Å²) in [5.41, 5.74) is 0.907. The fourth-order valence-corrected chi connectivity index (χ4v) is 4.27.